The molecule has 1 aliphatic heterocycles. The van der Waals surface area contributed by atoms with Crippen molar-refractivity contribution in [2.45, 2.75) is 52.9 Å². The van der Waals surface area contributed by atoms with Gasteiger partial charge in [0.05, 0.1) is 12.5 Å². The molecule has 1 atom stereocenters. The summed E-state index contributed by atoms with van der Waals surface area (Å²) in [4.78, 5) is 26.0. The van der Waals surface area contributed by atoms with Crippen LogP contribution in [0.2, 0.25) is 0 Å². The Bertz CT molecular complexity index is 667. The van der Waals surface area contributed by atoms with E-state index in [1.54, 1.807) is 11.8 Å². The number of hydrogen-bond acceptors (Lipinski definition) is 4. The van der Waals surface area contributed by atoms with E-state index in [1.165, 1.54) is 5.56 Å². The van der Waals surface area contributed by atoms with Gasteiger partial charge in [0.15, 0.2) is 6.73 Å². The van der Waals surface area contributed by atoms with E-state index in [4.69, 9.17) is 9.47 Å². The predicted molar refractivity (Wildman–Crippen MR) is 105 cm³/mol. The number of nitrogens with one attached hydrogen (secondary N) is 1. The van der Waals surface area contributed by atoms with Crippen LogP contribution in [-0.4, -0.2) is 43.3 Å². The Morgan fingerprint density at radius 2 is 2.04 bits per heavy atom. The van der Waals surface area contributed by atoms with Crippen LogP contribution in [0.25, 0.3) is 0 Å². The number of benzene rings is 1. The van der Waals surface area contributed by atoms with Crippen LogP contribution < -0.4 is 10.1 Å². The quantitative estimate of drug-likeness (QED) is 0.630. The maximum absolute atomic E-state index is 12.4. The summed E-state index contributed by atoms with van der Waals surface area (Å²) in [5.41, 5.74) is 2.23. The number of nitrogens with zero attached hydrogens (tertiary/aromatic N) is 1. The number of carbonyl (C=O) groups is 2. The SMILES string of the molecule is CCOC(=O)C1CCCN(C(=O)NCOc2ccc(C)cc2C(C)(C)C)C1. The van der Waals surface area contributed by atoms with E-state index in [0.717, 1.165) is 24.2 Å². The lowest BCUT2D eigenvalue weighted by Crippen LogP contribution is -2.48. The van der Waals surface area contributed by atoms with Crippen LogP contribution in [-0.2, 0) is 14.9 Å². The smallest absolute Gasteiger partial charge is 0.320 e. The number of rotatable bonds is 5. The molecule has 0 aromatic heterocycles. The minimum absolute atomic E-state index is 0.0505. The van der Waals surface area contributed by atoms with Crippen LogP contribution in [0, 0.1) is 12.8 Å². The van der Waals surface area contributed by atoms with Gasteiger partial charge in [0.25, 0.3) is 0 Å². The van der Waals surface area contributed by atoms with Crippen molar-refractivity contribution in [2.75, 3.05) is 26.4 Å². The molecule has 27 heavy (non-hydrogen) atoms. The molecule has 150 valence electrons. The second-order valence-electron chi connectivity index (χ2n) is 8.06. The first-order valence-electron chi connectivity index (χ1n) is 9.65. The van der Waals surface area contributed by atoms with Crippen LogP contribution in [0.3, 0.4) is 0 Å². The van der Waals surface area contributed by atoms with Gasteiger partial charge >= 0.3 is 12.0 Å². The van der Waals surface area contributed by atoms with Gasteiger partial charge in [0, 0.05) is 13.1 Å². The highest BCUT2D eigenvalue weighted by atomic mass is 16.5. The van der Waals surface area contributed by atoms with Crippen molar-refractivity contribution >= 4 is 12.0 Å². The Morgan fingerprint density at radius 3 is 2.70 bits per heavy atom. The van der Waals surface area contributed by atoms with Gasteiger partial charge in [-0.15, -0.1) is 0 Å². The molecule has 1 saturated heterocycles. The molecule has 6 heteroatoms. The summed E-state index contributed by atoms with van der Waals surface area (Å²) < 4.78 is 10.9. The number of piperidine rings is 1. The van der Waals surface area contributed by atoms with E-state index < -0.39 is 0 Å². The molecule has 1 aromatic rings. The molecule has 0 bridgehead atoms. The van der Waals surface area contributed by atoms with Gasteiger partial charge in [-0.3, -0.25) is 4.79 Å². The maximum Gasteiger partial charge on any atom is 0.320 e. The highest BCUT2D eigenvalue weighted by Crippen LogP contribution is 2.32. The zero-order valence-electron chi connectivity index (χ0n) is 17.1. The van der Waals surface area contributed by atoms with Gasteiger partial charge < -0.3 is 19.7 Å². The summed E-state index contributed by atoms with van der Waals surface area (Å²) in [5, 5.41) is 2.80. The molecule has 0 radical (unpaired) electrons. The van der Waals surface area contributed by atoms with Crippen molar-refractivity contribution in [3.05, 3.63) is 29.3 Å². The number of carbonyl (C=O) groups excluding carboxylic acids is 2. The Labute approximate surface area is 162 Å². The van der Waals surface area contributed by atoms with Crippen molar-refractivity contribution in [1.82, 2.24) is 10.2 Å². The molecule has 1 unspecified atom stereocenters. The first-order valence-corrected chi connectivity index (χ1v) is 9.65. The number of hydrogen-bond donors (Lipinski definition) is 1. The lowest BCUT2D eigenvalue weighted by Gasteiger charge is -2.31. The van der Waals surface area contributed by atoms with Gasteiger partial charge in [-0.25, -0.2) is 4.79 Å². The van der Waals surface area contributed by atoms with Gasteiger partial charge in [-0.1, -0.05) is 38.5 Å². The molecule has 1 heterocycles. The first kappa shape index (κ1) is 21.1. The second kappa shape index (κ2) is 9.11. The molecule has 2 amide bonds. The summed E-state index contributed by atoms with van der Waals surface area (Å²) in [6, 6.07) is 5.85. The number of urea groups is 1. The number of esters is 1. The van der Waals surface area contributed by atoms with Crippen molar-refractivity contribution < 1.29 is 19.1 Å². The minimum Gasteiger partial charge on any atom is -0.473 e. The fraction of sp³-hybridized carbons (Fsp3) is 0.619. The van der Waals surface area contributed by atoms with Crippen molar-refractivity contribution in [1.29, 1.82) is 0 Å². The van der Waals surface area contributed by atoms with Crippen LogP contribution in [0.4, 0.5) is 4.79 Å². The number of ether oxygens (including phenoxy) is 2. The van der Waals surface area contributed by atoms with Gasteiger partial charge in [0.1, 0.15) is 5.75 Å². The van der Waals surface area contributed by atoms with E-state index >= 15 is 0 Å². The summed E-state index contributed by atoms with van der Waals surface area (Å²) in [7, 11) is 0. The number of aryl methyl sites for hydroxylation is 1. The molecule has 1 N–H and O–H groups in total. The van der Waals surface area contributed by atoms with Crippen LogP contribution >= 0.6 is 0 Å². The Balaban J connectivity index is 1.90. The average molecular weight is 376 g/mol. The molecule has 0 saturated carbocycles. The Kier molecular flexibility index (Phi) is 7.11. The van der Waals surface area contributed by atoms with Crippen molar-refractivity contribution in [2.24, 2.45) is 5.92 Å². The molecule has 0 aliphatic carbocycles. The first-order chi connectivity index (χ1) is 12.7. The van der Waals surface area contributed by atoms with Gasteiger partial charge in [-0.2, -0.15) is 0 Å². The largest absolute Gasteiger partial charge is 0.473 e. The Morgan fingerprint density at radius 1 is 1.30 bits per heavy atom. The average Bonchev–Trinajstić information content (AvgIpc) is 2.62. The number of amides is 2. The molecule has 1 aromatic carbocycles. The fourth-order valence-electron chi connectivity index (χ4n) is 3.26. The minimum atomic E-state index is -0.241. The Hall–Kier alpha value is -2.24. The van der Waals surface area contributed by atoms with E-state index in [2.05, 4.69) is 39.1 Å². The van der Waals surface area contributed by atoms with Gasteiger partial charge in [-0.05, 0) is 43.7 Å². The second-order valence-corrected chi connectivity index (χ2v) is 8.06. The normalized spacial score (nSPS) is 17.4. The molecule has 2 rings (SSSR count). The highest BCUT2D eigenvalue weighted by molar-refractivity contribution is 5.77. The van der Waals surface area contributed by atoms with Gasteiger partial charge in [0.2, 0.25) is 0 Å². The third-order valence-corrected chi connectivity index (χ3v) is 4.72. The van der Waals surface area contributed by atoms with Crippen molar-refractivity contribution in [3.63, 3.8) is 0 Å². The third-order valence-electron chi connectivity index (χ3n) is 4.72. The zero-order valence-corrected chi connectivity index (χ0v) is 17.1. The fourth-order valence-corrected chi connectivity index (χ4v) is 3.26. The van der Waals surface area contributed by atoms with E-state index in [0.29, 0.717) is 19.7 Å². The molecule has 1 aliphatic rings. The van der Waals surface area contributed by atoms with E-state index in [9.17, 15) is 9.59 Å². The molecular weight excluding hydrogens is 344 g/mol. The van der Waals surface area contributed by atoms with Crippen LogP contribution in [0.5, 0.6) is 5.75 Å². The maximum atomic E-state index is 12.4. The lowest BCUT2D eigenvalue weighted by atomic mass is 9.85. The monoisotopic (exact) mass is 376 g/mol. The van der Waals surface area contributed by atoms with Crippen LogP contribution in [0.1, 0.15) is 51.7 Å². The summed E-state index contributed by atoms with van der Waals surface area (Å²) >= 11 is 0. The molecule has 6 nitrogen and oxygen atoms in total. The summed E-state index contributed by atoms with van der Waals surface area (Å²) in [6.07, 6.45) is 1.56. The topological polar surface area (TPSA) is 67.9 Å². The molecule has 1 fully saturated rings. The lowest BCUT2D eigenvalue weighted by molar-refractivity contribution is -0.149. The van der Waals surface area contributed by atoms with E-state index in [1.807, 2.05) is 12.1 Å². The molecule has 0 spiro atoms. The number of likely N-dealkylation sites (tertiary alicyclic amines) is 1. The zero-order chi connectivity index (χ0) is 20.0. The predicted octanol–water partition coefficient (Wildman–Crippen LogP) is 3.61. The van der Waals surface area contributed by atoms with E-state index in [-0.39, 0.29) is 30.1 Å². The standard InChI is InChI=1S/C21H32N2O4/c1-6-26-19(24)16-8-7-11-23(13-16)20(25)22-14-27-18-10-9-15(2)12-17(18)21(3,4)5/h9-10,12,16H,6-8,11,13-14H2,1-5H3,(H,22,25). The third kappa shape index (κ3) is 5.88. The molecular formula is C21H32N2O4. The van der Waals surface area contributed by atoms with Crippen molar-refractivity contribution in [3.8, 4) is 5.75 Å². The summed E-state index contributed by atoms with van der Waals surface area (Å²) in [5.74, 6) is 0.312. The summed E-state index contributed by atoms with van der Waals surface area (Å²) in [6.45, 7) is 11.7. The van der Waals surface area contributed by atoms with Crippen LogP contribution in [0.15, 0.2) is 18.2 Å². The highest BCUT2D eigenvalue weighted by Gasteiger charge is 2.29.